The maximum Gasteiger partial charge on any atom is 0.224 e. The number of benzene rings is 1. The predicted molar refractivity (Wildman–Crippen MR) is 85.6 cm³/mol. The van der Waals surface area contributed by atoms with Crippen molar-refractivity contribution in [1.82, 2.24) is 0 Å². The van der Waals surface area contributed by atoms with Crippen molar-refractivity contribution in [3.05, 3.63) is 35.9 Å². The molecule has 0 aliphatic carbocycles. The highest BCUT2D eigenvalue weighted by atomic mass is 16.1. The minimum Gasteiger partial charge on any atom is -0.369 e. The highest BCUT2D eigenvalue weighted by Crippen LogP contribution is 2.12. The standard InChI is InChI=1S/C9H11NO.C4H8O.C4H10/c1-7(9(10)11)8-5-3-2-4-6-8;1-3-4(2)5;1-3-4-2/h2-7H,1H3,(H2,10,11);3H2,1-2H3;3-4H2,1-2H3. The van der Waals surface area contributed by atoms with E-state index in [2.05, 4.69) is 13.8 Å². The van der Waals surface area contributed by atoms with Crippen LogP contribution in [-0.2, 0) is 9.59 Å². The molecule has 0 aliphatic rings. The molecule has 3 nitrogen and oxygen atoms in total. The molecular formula is C17H29NO2. The lowest BCUT2D eigenvalue weighted by Crippen LogP contribution is -2.18. The van der Waals surface area contributed by atoms with Crippen molar-refractivity contribution in [2.24, 2.45) is 5.73 Å². The van der Waals surface area contributed by atoms with Gasteiger partial charge in [-0.3, -0.25) is 4.79 Å². The van der Waals surface area contributed by atoms with Crippen LogP contribution in [0.25, 0.3) is 0 Å². The van der Waals surface area contributed by atoms with Gasteiger partial charge in [0, 0.05) is 6.42 Å². The lowest BCUT2D eigenvalue weighted by molar-refractivity contribution is -0.119. The van der Waals surface area contributed by atoms with Crippen molar-refractivity contribution in [3.63, 3.8) is 0 Å². The average molecular weight is 279 g/mol. The molecule has 1 amide bonds. The number of amides is 1. The molecule has 20 heavy (non-hydrogen) atoms. The van der Waals surface area contributed by atoms with E-state index in [1.54, 1.807) is 13.8 Å². The van der Waals surface area contributed by atoms with Crippen molar-refractivity contribution in [2.75, 3.05) is 0 Å². The normalized spacial score (nSPS) is 10.2. The number of primary amides is 1. The van der Waals surface area contributed by atoms with Crippen molar-refractivity contribution < 1.29 is 9.59 Å². The second-order valence-corrected chi connectivity index (χ2v) is 4.59. The molecule has 0 radical (unpaired) electrons. The van der Waals surface area contributed by atoms with Crippen LogP contribution >= 0.6 is 0 Å². The number of carbonyl (C=O) groups is 2. The van der Waals surface area contributed by atoms with Crippen LogP contribution < -0.4 is 5.73 Å². The predicted octanol–water partition coefficient (Wildman–Crippen LogP) is 4.07. The Morgan fingerprint density at radius 2 is 1.45 bits per heavy atom. The molecule has 0 bridgehead atoms. The summed E-state index contributed by atoms with van der Waals surface area (Å²) in [5.41, 5.74) is 6.10. The van der Waals surface area contributed by atoms with Crippen LogP contribution in [-0.4, -0.2) is 11.7 Å². The molecule has 0 aliphatic heterocycles. The number of unbranched alkanes of at least 4 members (excludes halogenated alkanes) is 1. The maximum atomic E-state index is 10.7. The number of hydrogen-bond acceptors (Lipinski definition) is 2. The largest absolute Gasteiger partial charge is 0.369 e. The highest BCUT2D eigenvalue weighted by Gasteiger charge is 2.09. The van der Waals surface area contributed by atoms with E-state index in [-0.39, 0.29) is 17.6 Å². The van der Waals surface area contributed by atoms with Crippen LogP contribution in [0.3, 0.4) is 0 Å². The van der Waals surface area contributed by atoms with Gasteiger partial charge in [0.1, 0.15) is 5.78 Å². The fourth-order valence-corrected chi connectivity index (χ4v) is 0.906. The van der Waals surface area contributed by atoms with Gasteiger partial charge >= 0.3 is 0 Å². The molecule has 3 heteroatoms. The Morgan fingerprint density at radius 1 is 1.05 bits per heavy atom. The molecule has 114 valence electrons. The lowest BCUT2D eigenvalue weighted by Gasteiger charge is -2.05. The Morgan fingerprint density at radius 3 is 1.70 bits per heavy atom. The summed E-state index contributed by atoms with van der Waals surface area (Å²) >= 11 is 0. The van der Waals surface area contributed by atoms with Gasteiger partial charge in [-0.05, 0) is 19.4 Å². The van der Waals surface area contributed by atoms with Crippen molar-refractivity contribution >= 4 is 11.7 Å². The highest BCUT2D eigenvalue weighted by molar-refractivity contribution is 5.81. The Balaban J connectivity index is 0. The van der Waals surface area contributed by atoms with Crippen molar-refractivity contribution in [2.45, 2.75) is 59.8 Å². The van der Waals surface area contributed by atoms with E-state index in [9.17, 15) is 9.59 Å². The zero-order chi connectivity index (χ0) is 16.0. The van der Waals surface area contributed by atoms with Gasteiger partial charge in [-0.25, -0.2) is 0 Å². The van der Waals surface area contributed by atoms with E-state index in [0.717, 1.165) is 5.56 Å². The second kappa shape index (κ2) is 13.8. The molecule has 1 aromatic carbocycles. The summed E-state index contributed by atoms with van der Waals surface area (Å²) < 4.78 is 0. The molecule has 1 rings (SSSR count). The van der Waals surface area contributed by atoms with Gasteiger partial charge < -0.3 is 10.5 Å². The van der Waals surface area contributed by atoms with E-state index in [1.807, 2.05) is 37.3 Å². The Bertz CT molecular complexity index is 359. The van der Waals surface area contributed by atoms with Crippen molar-refractivity contribution in [3.8, 4) is 0 Å². The van der Waals surface area contributed by atoms with Gasteiger partial charge in [0.05, 0.1) is 5.92 Å². The van der Waals surface area contributed by atoms with Crippen LogP contribution in [0.2, 0.25) is 0 Å². The summed E-state index contributed by atoms with van der Waals surface area (Å²) in [5.74, 6) is -0.211. The first-order chi connectivity index (χ1) is 9.40. The first-order valence-electron chi connectivity index (χ1n) is 7.24. The van der Waals surface area contributed by atoms with E-state index in [4.69, 9.17) is 5.73 Å². The third-order valence-corrected chi connectivity index (χ3v) is 2.72. The summed E-state index contributed by atoms with van der Waals surface area (Å²) in [6.07, 6.45) is 3.31. The van der Waals surface area contributed by atoms with Crippen LogP contribution in [0.4, 0.5) is 0 Å². The molecular weight excluding hydrogens is 250 g/mol. The molecule has 0 aromatic heterocycles. The smallest absolute Gasteiger partial charge is 0.224 e. The summed E-state index contributed by atoms with van der Waals surface area (Å²) in [5, 5.41) is 0. The molecule has 0 fully saturated rings. The van der Waals surface area contributed by atoms with Crippen LogP contribution in [0.15, 0.2) is 30.3 Å². The number of nitrogens with two attached hydrogens (primary N) is 1. The summed E-state index contributed by atoms with van der Waals surface area (Å²) in [7, 11) is 0. The number of carbonyl (C=O) groups excluding carboxylic acids is 2. The molecule has 2 N–H and O–H groups in total. The van der Waals surface area contributed by atoms with E-state index >= 15 is 0 Å². The summed E-state index contributed by atoms with van der Waals surface area (Å²) in [6, 6.07) is 9.51. The molecule has 1 atom stereocenters. The lowest BCUT2D eigenvalue weighted by atomic mass is 10.0. The molecule has 0 saturated carbocycles. The van der Waals surface area contributed by atoms with E-state index < -0.39 is 0 Å². The zero-order valence-electron chi connectivity index (χ0n) is 13.5. The van der Waals surface area contributed by atoms with Gasteiger partial charge in [0.2, 0.25) is 5.91 Å². The summed E-state index contributed by atoms with van der Waals surface area (Å²) in [4.78, 5) is 20.5. The van der Waals surface area contributed by atoms with Crippen LogP contribution in [0.5, 0.6) is 0 Å². The number of ketones is 1. The Labute approximate surface area is 123 Å². The quantitative estimate of drug-likeness (QED) is 0.903. The Kier molecular flexibility index (Phi) is 14.2. The number of Topliss-reactive ketones (excluding diaryl/α,β-unsaturated/α-hetero) is 1. The molecule has 0 heterocycles. The van der Waals surface area contributed by atoms with Gasteiger partial charge in [-0.1, -0.05) is 63.9 Å². The van der Waals surface area contributed by atoms with Gasteiger partial charge in [0.15, 0.2) is 0 Å². The van der Waals surface area contributed by atoms with E-state index in [0.29, 0.717) is 6.42 Å². The molecule has 0 saturated heterocycles. The minimum absolute atomic E-state index is 0.184. The van der Waals surface area contributed by atoms with Crippen molar-refractivity contribution in [1.29, 1.82) is 0 Å². The van der Waals surface area contributed by atoms with E-state index in [1.165, 1.54) is 12.8 Å². The fraction of sp³-hybridized carbons (Fsp3) is 0.529. The second-order valence-electron chi connectivity index (χ2n) is 4.59. The fourth-order valence-electron chi connectivity index (χ4n) is 0.906. The number of rotatable bonds is 4. The minimum atomic E-state index is -0.281. The average Bonchev–Trinajstić information content (AvgIpc) is 2.48. The SMILES string of the molecule is CC(C(N)=O)c1ccccc1.CCC(C)=O.CCCC. The van der Waals surface area contributed by atoms with Crippen LogP contribution in [0.1, 0.15) is 65.4 Å². The number of hydrogen-bond donors (Lipinski definition) is 1. The zero-order valence-corrected chi connectivity index (χ0v) is 13.5. The molecule has 0 spiro atoms. The first-order valence-corrected chi connectivity index (χ1v) is 7.24. The van der Waals surface area contributed by atoms with Crippen LogP contribution in [0, 0.1) is 0 Å². The third kappa shape index (κ3) is 12.8. The van der Waals surface area contributed by atoms with Gasteiger partial charge in [-0.2, -0.15) is 0 Å². The molecule has 1 aromatic rings. The summed E-state index contributed by atoms with van der Waals surface area (Å²) in [6.45, 7) is 9.60. The monoisotopic (exact) mass is 279 g/mol. The van der Waals surface area contributed by atoms with Gasteiger partial charge in [-0.15, -0.1) is 0 Å². The first kappa shape index (κ1) is 20.7. The topological polar surface area (TPSA) is 60.2 Å². The van der Waals surface area contributed by atoms with Gasteiger partial charge in [0.25, 0.3) is 0 Å². The third-order valence-electron chi connectivity index (χ3n) is 2.72. The maximum absolute atomic E-state index is 10.7. The molecule has 1 unspecified atom stereocenters. The Hall–Kier alpha value is -1.64.